The fraction of sp³-hybridized carbons (Fsp3) is 0.222. The molecule has 5 nitrogen and oxygen atoms in total. The molecule has 0 fully saturated rings. The number of carbonyl (C=O) groups is 2. The zero-order chi connectivity index (χ0) is 17.5. The predicted octanol–water partition coefficient (Wildman–Crippen LogP) is 2.22. The summed E-state index contributed by atoms with van der Waals surface area (Å²) in [4.78, 5) is 25.6. The number of likely N-dealkylation sites (N-methyl/N-ethyl adjacent to an activating group) is 1. The maximum atomic E-state index is 13.1. The minimum Gasteiger partial charge on any atom is -0.496 e. The van der Waals surface area contributed by atoms with Gasteiger partial charge in [-0.15, -0.1) is 0 Å². The standard InChI is InChI=1S/C18H19FN2O3/c1-21(12-14-6-3-4-9-16(14)24-2)17(22)11-20-18(23)13-7-5-8-15(19)10-13/h3-10H,11-12H2,1-2H3,(H,20,23). The molecule has 0 saturated carbocycles. The van der Waals surface area contributed by atoms with Crippen molar-refractivity contribution < 1.29 is 18.7 Å². The second-order valence-corrected chi connectivity index (χ2v) is 5.25. The fourth-order valence-corrected chi connectivity index (χ4v) is 2.20. The number of para-hydroxylation sites is 1. The molecule has 0 aromatic heterocycles. The number of hydrogen-bond acceptors (Lipinski definition) is 3. The zero-order valence-corrected chi connectivity index (χ0v) is 13.6. The molecule has 2 rings (SSSR count). The number of benzene rings is 2. The van der Waals surface area contributed by atoms with Crippen molar-refractivity contribution in [1.29, 1.82) is 0 Å². The molecule has 24 heavy (non-hydrogen) atoms. The van der Waals surface area contributed by atoms with E-state index < -0.39 is 11.7 Å². The maximum absolute atomic E-state index is 13.1. The molecule has 0 saturated heterocycles. The molecule has 0 spiro atoms. The van der Waals surface area contributed by atoms with Gasteiger partial charge in [0.15, 0.2) is 0 Å². The molecule has 2 amide bonds. The van der Waals surface area contributed by atoms with Crippen molar-refractivity contribution >= 4 is 11.8 Å². The molecule has 0 radical (unpaired) electrons. The Balaban J connectivity index is 1.91. The summed E-state index contributed by atoms with van der Waals surface area (Å²) in [7, 11) is 3.21. The van der Waals surface area contributed by atoms with Crippen LogP contribution >= 0.6 is 0 Å². The normalized spacial score (nSPS) is 10.1. The first kappa shape index (κ1) is 17.5. The second kappa shape index (κ2) is 8.10. The Morgan fingerprint density at radius 2 is 1.92 bits per heavy atom. The highest BCUT2D eigenvalue weighted by atomic mass is 19.1. The van der Waals surface area contributed by atoms with Crippen LogP contribution in [0.1, 0.15) is 15.9 Å². The molecule has 1 N–H and O–H groups in total. The van der Waals surface area contributed by atoms with Crippen molar-refractivity contribution in [3.8, 4) is 5.75 Å². The SMILES string of the molecule is COc1ccccc1CN(C)C(=O)CNC(=O)c1cccc(F)c1. The molecule has 0 heterocycles. The molecule has 6 heteroatoms. The van der Waals surface area contributed by atoms with E-state index in [0.717, 1.165) is 11.6 Å². The van der Waals surface area contributed by atoms with Gasteiger partial charge >= 0.3 is 0 Å². The summed E-state index contributed by atoms with van der Waals surface area (Å²) in [5.41, 5.74) is 1.04. The van der Waals surface area contributed by atoms with Crippen molar-refractivity contribution in [2.45, 2.75) is 6.54 Å². The average molecular weight is 330 g/mol. The molecule has 126 valence electrons. The largest absolute Gasteiger partial charge is 0.496 e. The van der Waals surface area contributed by atoms with Gasteiger partial charge in [-0.2, -0.15) is 0 Å². The minimum atomic E-state index is -0.498. The lowest BCUT2D eigenvalue weighted by Crippen LogP contribution is -2.37. The van der Waals surface area contributed by atoms with Crippen molar-refractivity contribution in [2.24, 2.45) is 0 Å². The first-order chi connectivity index (χ1) is 11.5. The van der Waals surface area contributed by atoms with E-state index in [-0.39, 0.29) is 18.0 Å². The molecule has 2 aromatic carbocycles. The monoisotopic (exact) mass is 330 g/mol. The number of nitrogens with zero attached hydrogens (tertiary/aromatic N) is 1. The molecule has 0 unspecified atom stereocenters. The first-order valence-electron chi connectivity index (χ1n) is 7.41. The van der Waals surface area contributed by atoms with Gasteiger partial charge in [-0.05, 0) is 24.3 Å². The molecular formula is C18H19FN2O3. The van der Waals surface area contributed by atoms with Crippen molar-refractivity contribution in [1.82, 2.24) is 10.2 Å². The molecule has 0 aliphatic carbocycles. The Labute approximate surface area is 140 Å². The maximum Gasteiger partial charge on any atom is 0.251 e. The van der Waals surface area contributed by atoms with Gasteiger partial charge in [-0.25, -0.2) is 4.39 Å². The molecular weight excluding hydrogens is 311 g/mol. The predicted molar refractivity (Wildman–Crippen MR) is 88.2 cm³/mol. The van der Waals surface area contributed by atoms with Gasteiger partial charge in [-0.3, -0.25) is 9.59 Å². The Bertz CT molecular complexity index is 734. The number of amides is 2. The van der Waals surface area contributed by atoms with Crippen molar-refractivity contribution in [3.05, 3.63) is 65.5 Å². The lowest BCUT2D eigenvalue weighted by molar-refractivity contribution is -0.129. The topological polar surface area (TPSA) is 58.6 Å². The number of nitrogens with one attached hydrogen (secondary N) is 1. The number of halogens is 1. The van der Waals surface area contributed by atoms with Crippen LogP contribution in [-0.2, 0) is 11.3 Å². The number of methoxy groups -OCH3 is 1. The Kier molecular flexibility index (Phi) is 5.89. The van der Waals surface area contributed by atoms with E-state index in [1.165, 1.54) is 23.1 Å². The molecule has 2 aromatic rings. The van der Waals surface area contributed by atoms with E-state index >= 15 is 0 Å². The van der Waals surface area contributed by atoms with Gasteiger partial charge in [0.2, 0.25) is 5.91 Å². The third-order valence-electron chi connectivity index (χ3n) is 3.51. The summed E-state index contributed by atoms with van der Waals surface area (Å²) in [5.74, 6) is -0.553. The summed E-state index contributed by atoms with van der Waals surface area (Å²) >= 11 is 0. The minimum absolute atomic E-state index is 0.166. The number of hydrogen-bond donors (Lipinski definition) is 1. The van der Waals surface area contributed by atoms with E-state index in [1.807, 2.05) is 24.3 Å². The van der Waals surface area contributed by atoms with Gasteiger partial charge in [0.1, 0.15) is 11.6 Å². The Morgan fingerprint density at radius 3 is 2.62 bits per heavy atom. The summed E-state index contributed by atoms with van der Waals surface area (Å²) in [6, 6.07) is 12.7. The quantitative estimate of drug-likeness (QED) is 0.883. The lowest BCUT2D eigenvalue weighted by Gasteiger charge is -2.19. The summed E-state index contributed by atoms with van der Waals surface area (Å²) in [5, 5.41) is 2.49. The number of ether oxygens (including phenoxy) is 1. The van der Waals surface area contributed by atoms with Gasteiger partial charge in [-0.1, -0.05) is 24.3 Å². The van der Waals surface area contributed by atoms with Gasteiger partial charge < -0.3 is 15.0 Å². The highest BCUT2D eigenvalue weighted by Crippen LogP contribution is 2.18. The lowest BCUT2D eigenvalue weighted by atomic mass is 10.2. The third-order valence-corrected chi connectivity index (χ3v) is 3.51. The van der Waals surface area contributed by atoms with Gasteiger partial charge in [0, 0.05) is 24.7 Å². The van der Waals surface area contributed by atoms with Gasteiger partial charge in [0.25, 0.3) is 5.91 Å². The van der Waals surface area contributed by atoms with Crippen LogP contribution in [0.15, 0.2) is 48.5 Å². The van der Waals surface area contributed by atoms with E-state index in [2.05, 4.69) is 5.32 Å². The van der Waals surface area contributed by atoms with E-state index in [0.29, 0.717) is 12.3 Å². The highest BCUT2D eigenvalue weighted by Gasteiger charge is 2.14. The van der Waals surface area contributed by atoms with Crippen LogP contribution in [0.4, 0.5) is 4.39 Å². The summed E-state index contributed by atoms with van der Waals surface area (Å²) in [6.07, 6.45) is 0. The zero-order valence-electron chi connectivity index (χ0n) is 13.6. The van der Waals surface area contributed by atoms with Crippen molar-refractivity contribution in [3.63, 3.8) is 0 Å². The third kappa shape index (κ3) is 4.55. The smallest absolute Gasteiger partial charge is 0.251 e. The van der Waals surface area contributed by atoms with Crippen LogP contribution in [0.25, 0.3) is 0 Å². The van der Waals surface area contributed by atoms with Crippen LogP contribution in [0.5, 0.6) is 5.75 Å². The van der Waals surface area contributed by atoms with E-state index in [9.17, 15) is 14.0 Å². The number of carbonyl (C=O) groups excluding carboxylic acids is 2. The average Bonchev–Trinajstić information content (AvgIpc) is 2.59. The van der Waals surface area contributed by atoms with Crippen LogP contribution in [-0.4, -0.2) is 37.4 Å². The van der Waals surface area contributed by atoms with Crippen LogP contribution in [0.3, 0.4) is 0 Å². The molecule has 0 aliphatic heterocycles. The molecule has 0 bridgehead atoms. The Morgan fingerprint density at radius 1 is 1.17 bits per heavy atom. The van der Waals surface area contributed by atoms with Gasteiger partial charge in [0.05, 0.1) is 13.7 Å². The first-order valence-corrected chi connectivity index (χ1v) is 7.41. The second-order valence-electron chi connectivity index (χ2n) is 5.25. The Hall–Kier alpha value is -2.89. The summed E-state index contributed by atoms with van der Waals surface area (Å²) < 4.78 is 18.4. The fourth-order valence-electron chi connectivity index (χ4n) is 2.20. The van der Waals surface area contributed by atoms with E-state index in [4.69, 9.17) is 4.74 Å². The highest BCUT2D eigenvalue weighted by molar-refractivity contribution is 5.96. The van der Waals surface area contributed by atoms with Crippen LogP contribution in [0, 0.1) is 5.82 Å². The molecule has 0 aliphatic rings. The molecule has 0 atom stereocenters. The van der Waals surface area contributed by atoms with E-state index in [1.54, 1.807) is 14.2 Å². The van der Waals surface area contributed by atoms with Crippen LogP contribution < -0.4 is 10.1 Å². The van der Waals surface area contributed by atoms with Crippen LogP contribution in [0.2, 0.25) is 0 Å². The summed E-state index contributed by atoms with van der Waals surface area (Å²) in [6.45, 7) is 0.194. The van der Waals surface area contributed by atoms with Crippen molar-refractivity contribution in [2.75, 3.05) is 20.7 Å². The number of rotatable bonds is 6.